The fourth-order valence-electron chi connectivity index (χ4n) is 4.25. The lowest BCUT2D eigenvalue weighted by Crippen LogP contribution is -2.34. The number of carbonyl (C=O) groups excluding carboxylic acids is 1. The fourth-order valence-corrected chi connectivity index (χ4v) is 5.39. The Hall–Kier alpha value is -3.32. The highest BCUT2D eigenvalue weighted by Gasteiger charge is 2.22. The van der Waals surface area contributed by atoms with Gasteiger partial charge in [0.05, 0.1) is 10.9 Å². The van der Waals surface area contributed by atoms with E-state index in [0.717, 1.165) is 30.4 Å². The SMILES string of the molecule is Cc1ccc(NS(=O)(=O)c2ccc(OCC(=O)N[C@@H]3CCCc4ccccc43)c(C)c2)cc1C. The van der Waals surface area contributed by atoms with Crippen molar-refractivity contribution in [3.05, 3.63) is 88.5 Å². The average Bonchev–Trinajstić information content (AvgIpc) is 2.81. The molecular formula is C27H30N2O4S. The number of aryl methyl sites for hydroxylation is 4. The van der Waals surface area contributed by atoms with Gasteiger partial charge in [-0.15, -0.1) is 0 Å². The van der Waals surface area contributed by atoms with Gasteiger partial charge < -0.3 is 10.1 Å². The Morgan fingerprint density at radius 2 is 1.76 bits per heavy atom. The monoisotopic (exact) mass is 478 g/mol. The minimum Gasteiger partial charge on any atom is -0.484 e. The number of fused-ring (bicyclic) bond motifs is 1. The summed E-state index contributed by atoms with van der Waals surface area (Å²) < 4.78 is 34.0. The number of sulfonamides is 1. The normalized spacial score (nSPS) is 15.3. The second kappa shape index (κ2) is 9.89. The molecule has 0 fully saturated rings. The predicted molar refractivity (Wildman–Crippen MR) is 134 cm³/mol. The van der Waals surface area contributed by atoms with Crippen molar-refractivity contribution in [2.24, 2.45) is 0 Å². The second-order valence-electron chi connectivity index (χ2n) is 8.83. The molecule has 1 aliphatic rings. The Balaban J connectivity index is 1.38. The number of benzene rings is 3. The zero-order valence-electron chi connectivity index (χ0n) is 19.7. The van der Waals surface area contributed by atoms with Gasteiger partial charge in [0.25, 0.3) is 15.9 Å². The maximum Gasteiger partial charge on any atom is 0.261 e. The maximum absolute atomic E-state index is 12.8. The lowest BCUT2D eigenvalue weighted by Gasteiger charge is -2.26. The standard InChI is InChI=1S/C27H30N2O4S/c1-18-11-12-22(15-19(18)2)29-34(31,32)23-13-14-26(20(3)16-23)33-17-27(30)28-25-10-6-8-21-7-4-5-9-24(21)25/h4-5,7,9,11-16,25,29H,6,8,10,17H2,1-3H3,(H,28,30)/t25-/m1/s1. The fraction of sp³-hybridized carbons (Fsp3) is 0.296. The molecular weight excluding hydrogens is 448 g/mol. The Bertz CT molecular complexity index is 1320. The highest BCUT2D eigenvalue weighted by Crippen LogP contribution is 2.29. The summed E-state index contributed by atoms with van der Waals surface area (Å²) >= 11 is 0. The maximum atomic E-state index is 12.8. The zero-order chi connectivity index (χ0) is 24.3. The summed E-state index contributed by atoms with van der Waals surface area (Å²) in [5, 5.41) is 3.07. The first-order chi connectivity index (χ1) is 16.2. The summed E-state index contributed by atoms with van der Waals surface area (Å²) in [6.45, 7) is 5.54. The van der Waals surface area contributed by atoms with Crippen LogP contribution in [-0.4, -0.2) is 20.9 Å². The van der Waals surface area contributed by atoms with Crippen LogP contribution in [0.3, 0.4) is 0 Å². The zero-order valence-corrected chi connectivity index (χ0v) is 20.5. The van der Waals surface area contributed by atoms with Gasteiger partial charge in [0.15, 0.2) is 6.61 Å². The lowest BCUT2D eigenvalue weighted by molar-refractivity contribution is -0.124. The molecule has 0 unspecified atom stereocenters. The molecule has 7 heteroatoms. The van der Waals surface area contributed by atoms with Crippen molar-refractivity contribution in [1.29, 1.82) is 0 Å². The third kappa shape index (κ3) is 5.42. The first-order valence-corrected chi connectivity index (χ1v) is 12.9. The van der Waals surface area contributed by atoms with E-state index in [1.54, 1.807) is 31.2 Å². The van der Waals surface area contributed by atoms with Gasteiger partial charge in [-0.3, -0.25) is 9.52 Å². The predicted octanol–water partition coefficient (Wildman–Crippen LogP) is 4.99. The van der Waals surface area contributed by atoms with E-state index in [2.05, 4.69) is 22.2 Å². The van der Waals surface area contributed by atoms with E-state index in [9.17, 15) is 13.2 Å². The molecule has 3 aromatic carbocycles. The van der Waals surface area contributed by atoms with E-state index in [-0.39, 0.29) is 23.5 Å². The van der Waals surface area contributed by atoms with Crippen LogP contribution in [0.15, 0.2) is 65.6 Å². The van der Waals surface area contributed by atoms with E-state index in [0.29, 0.717) is 17.0 Å². The summed E-state index contributed by atoms with van der Waals surface area (Å²) in [5.74, 6) is 0.276. The Morgan fingerprint density at radius 1 is 0.971 bits per heavy atom. The van der Waals surface area contributed by atoms with Gasteiger partial charge in [-0.2, -0.15) is 0 Å². The van der Waals surface area contributed by atoms with Crippen LogP contribution in [0.2, 0.25) is 0 Å². The van der Waals surface area contributed by atoms with Crippen LogP contribution < -0.4 is 14.8 Å². The summed E-state index contributed by atoms with van der Waals surface area (Å²) in [6.07, 6.45) is 2.97. The molecule has 0 bridgehead atoms. The highest BCUT2D eigenvalue weighted by atomic mass is 32.2. The van der Waals surface area contributed by atoms with Crippen molar-refractivity contribution >= 4 is 21.6 Å². The number of anilines is 1. The van der Waals surface area contributed by atoms with Gasteiger partial charge in [-0.05, 0) is 98.2 Å². The van der Waals surface area contributed by atoms with Gasteiger partial charge in [-0.1, -0.05) is 30.3 Å². The molecule has 6 nitrogen and oxygen atoms in total. The number of rotatable bonds is 7. The first-order valence-electron chi connectivity index (χ1n) is 11.4. The molecule has 2 N–H and O–H groups in total. The number of ether oxygens (including phenoxy) is 1. The van der Waals surface area contributed by atoms with Crippen molar-refractivity contribution < 1.29 is 17.9 Å². The van der Waals surface area contributed by atoms with Crippen molar-refractivity contribution in [2.75, 3.05) is 11.3 Å². The van der Waals surface area contributed by atoms with Crippen LogP contribution in [0, 0.1) is 20.8 Å². The van der Waals surface area contributed by atoms with Crippen LogP contribution in [0.25, 0.3) is 0 Å². The van der Waals surface area contributed by atoms with E-state index < -0.39 is 10.0 Å². The number of nitrogens with one attached hydrogen (secondary N) is 2. The molecule has 34 heavy (non-hydrogen) atoms. The largest absolute Gasteiger partial charge is 0.484 e. The average molecular weight is 479 g/mol. The van der Waals surface area contributed by atoms with E-state index in [1.807, 2.05) is 32.0 Å². The van der Waals surface area contributed by atoms with Gasteiger partial charge >= 0.3 is 0 Å². The van der Waals surface area contributed by atoms with Crippen LogP contribution in [-0.2, 0) is 21.2 Å². The molecule has 0 spiro atoms. The highest BCUT2D eigenvalue weighted by molar-refractivity contribution is 7.92. The lowest BCUT2D eigenvalue weighted by atomic mass is 9.88. The number of hydrogen-bond acceptors (Lipinski definition) is 4. The number of carbonyl (C=O) groups is 1. The molecule has 3 aromatic rings. The minimum absolute atomic E-state index is 0.00819. The molecule has 0 radical (unpaired) electrons. The minimum atomic E-state index is -3.75. The van der Waals surface area contributed by atoms with Crippen molar-refractivity contribution in [2.45, 2.75) is 51.0 Å². The van der Waals surface area contributed by atoms with Crippen LogP contribution in [0.1, 0.15) is 46.7 Å². The number of hydrogen-bond donors (Lipinski definition) is 2. The summed E-state index contributed by atoms with van der Waals surface area (Å²) in [7, 11) is -3.75. The van der Waals surface area contributed by atoms with Crippen LogP contribution in [0.5, 0.6) is 5.75 Å². The summed E-state index contributed by atoms with van der Waals surface area (Å²) in [5.41, 5.74) is 5.71. The molecule has 4 rings (SSSR count). The summed E-state index contributed by atoms with van der Waals surface area (Å²) in [6, 6.07) is 18.2. The Labute approximate surface area is 201 Å². The Morgan fingerprint density at radius 3 is 2.53 bits per heavy atom. The molecule has 0 aromatic heterocycles. The van der Waals surface area contributed by atoms with Gasteiger partial charge in [0.2, 0.25) is 0 Å². The molecule has 0 saturated carbocycles. The smallest absolute Gasteiger partial charge is 0.261 e. The summed E-state index contributed by atoms with van der Waals surface area (Å²) in [4.78, 5) is 12.7. The van der Waals surface area contributed by atoms with E-state index >= 15 is 0 Å². The van der Waals surface area contributed by atoms with Gasteiger partial charge in [0.1, 0.15) is 5.75 Å². The third-order valence-electron chi connectivity index (χ3n) is 6.28. The molecule has 1 amide bonds. The first kappa shape index (κ1) is 23.8. The number of amides is 1. The molecule has 0 aliphatic heterocycles. The van der Waals surface area contributed by atoms with Gasteiger partial charge in [0, 0.05) is 5.69 Å². The van der Waals surface area contributed by atoms with Gasteiger partial charge in [-0.25, -0.2) is 8.42 Å². The van der Waals surface area contributed by atoms with Crippen molar-refractivity contribution in [3.8, 4) is 5.75 Å². The van der Waals surface area contributed by atoms with Crippen LogP contribution >= 0.6 is 0 Å². The second-order valence-corrected chi connectivity index (χ2v) is 10.5. The Kier molecular flexibility index (Phi) is 6.93. The van der Waals surface area contributed by atoms with Crippen LogP contribution in [0.4, 0.5) is 5.69 Å². The molecule has 0 heterocycles. The van der Waals surface area contributed by atoms with E-state index in [4.69, 9.17) is 4.74 Å². The van der Waals surface area contributed by atoms with Crippen molar-refractivity contribution in [1.82, 2.24) is 5.32 Å². The molecule has 1 aliphatic carbocycles. The molecule has 1 atom stereocenters. The van der Waals surface area contributed by atoms with Crippen molar-refractivity contribution in [3.63, 3.8) is 0 Å². The van der Waals surface area contributed by atoms with E-state index in [1.165, 1.54) is 17.2 Å². The third-order valence-corrected chi connectivity index (χ3v) is 7.66. The topological polar surface area (TPSA) is 84.5 Å². The quantitative estimate of drug-likeness (QED) is 0.501. The molecule has 0 saturated heterocycles. The molecule has 178 valence electrons.